The van der Waals surface area contributed by atoms with Crippen LogP contribution in [0.5, 0.6) is 0 Å². The Morgan fingerprint density at radius 1 is 1.22 bits per heavy atom. The highest BCUT2D eigenvalue weighted by Crippen LogP contribution is 2.51. The molecule has 1 atom stereocenters. The average Bonchev–Trinajstić information content (AvgIpc) is 2.67. The fourth-order valence-electron chi connectivity index (χ4n) is 4.00. The van der Waals surface area contributed by atoms with Crippen molar-refractivity contribution in [1.29, 1.82) is 10.5 Å². The summed E-state index contributed by atoms with van der Waals surface area (Å²) in [6, 6.07) is 11.7. The third-order valence-corrected chi connectivity index (χ3v) is 6.49. The van der Waals surface area contributed by atoms with E-state index >= 15 is 0 Å². The highest BCUT2D eigenvalue weighted by molar-refractivity contribution is 8.03. The van der Waals surface area contributed by atoms with Gasteiger partial charge in [0, 0.05) is 11.0 Å². The number of thioether (sulfide) groups is 1. The summed E-state index contributed by atoms with van der Waals surface area (Å²) >= 11 is 1.19. The first kappa shape index (κ1) is 19.2. The Bertz CT molecular complexity index is 868. The second-order valence-electron chi connectivity index (χ2n) is 7.16. The molecular weight excluding hydrogens is 358 g/mol. The summed E-state index contributed by atoms with van der Waals surface area (Å²) in [5.41, 5.74) is 1.45. The van der Waals surface area contributed by atoms with Gasteiger partial charge in [-0.05, 0) is 19.8 Å². The van der Waals surface area contributed by atoms with Crippen LogP contribution in [0.25, 0.3) is 0 Å². The fraction of sp³-hybridized carbons (Fsp3) is 0.429. The quantitative estimate of drug-likeness (QED) is 0.802. The summed E-state index contributed by atoms with van der Waals surface area (Å²) < 4.78 is 0. The van der Waals surface area contributed by atoms with Crippen LogP contribution in [0.4, 0.5) is 0 Å². The summed E-state index contributed by atoms with van der Waals surface area (Å²) in [5.74, 6) is -1.12. The Morgan fingerprint density at radius 2 is 1.89 bits per heavy atom. The summed E-state index contributed by atoms with van der Waals surface area (Å²) in [6.45, 7) is 1.96. The van der Waals surface area contributed by atoms with Gasteiger partial charge in [-0.25, -0.2) is 0 Å². The molecular formula is C21H21N3O2S. The summed E-state index contributed by atoms with van der Waals surface area (Å²) in [6.07, 6.45) is 4.18. The summed E-state index contributed by atoms with van der Waals surface area (Å²) in [4.78, 5) is 25.0. The van der Waals surface area contributed by atoms with Crippen molar-refractivity contribution in [3.8, 4) is 12.1 Å². The van der Waals surface area contributed by atoms with Crippen LogP contribution < -0.4 is 5.32 Å². The number of nitriles is 2. The van der Waals surface area contributed by atoms with E-state index in [1.165, 1.54) is 11.8 Å². The van der Waals surface area contributed by atoms with Crippen LogP contribution in [-0.4, -0.2) is 17.4 Å². The van der Waals surface area contributed by atoms with E-state index in [-0.39, 0.29) is 17.4 Å². The van der Waals surface area contributed by atoms with Gasteiger partial charge in [0.25, 0.3) is 0 Å². The van der Waals surface area contributed by atoms with Gasteiger partial charge in [0.15, 0.2) is 5.78 Å². The summed E-state index contributed by atoms with van der Waals surface area (Å²) in [5, 5.41) is 22.5. The van der Waals surface area contributed by atoms with Crippen molar-refractivity contribution in [1.82, 2.24) is 5.32 Å². The first-order valence-corrected chi connectivity index (χ1v) is 10.1. The molecule has 1 N–H and O–H groups in total. The highest BCUT2D eigenvalue weighted by Gasteiger charge is 2.51. The van der Waals surface area contributed by atoms with Gasteiger partial charge in [0.05, 0.1) is 28.5 Å². The van der Waals surface area contributed by atoms with E-state index in [1.54, 1.807) is 12.1 Å². The predicted octanol–water partition coefficient (Wildman–Crippen LogP) is 3.87. The monoisotopic (exact) mass is 379 g/mol. The fourth-order valence-corrected chi connectivity index (χ4v) is 5.01. The van der Waals surface area contributed by atoms with Crippen LogP contribution in [0.2, 0.25) is 0 Å². The van der Waals surface area contributed by atoms with E-state index in [9.17, 15) is 20.1 Å². The number of nitrogens with one attached hydrogen (secondary N) is 1. The van der Waals surface area contributed by atoms with E-state index in [0.29, 0.717) is 29.0 Å². The molecule has 0 bridgehead atoms. The third-order valence-electron chi connectivity index (χ3n) is 5.48. The molecule has 2 aliphatic rings. The molecule has 1 amide bonds. The predicted molar refractivity (Wildman–Crippen MR) is 103 cm³/mol. The normalized spacial score (nSPS) is 21.3. The first-order valence-electron chi connectivity index (χ1n) is 9.10. The maximum absolute atomic E-state index is 12.5. The molecule has 0 radical (unpaired) electrons. The maximum atomic E-state index is 12.5. The van der Waals surface area contributed by atoms with Crippen LogP contribution in [0.3, 0.4) is 0 Å². The number of Topliss-reactive ketones (excluding diaryl/α,β-unsaturated/α-hetero) is 1. The van der Waals surface area contributed by atoms with E-state index in [4.69, 9.17) is 0 Å². The molecule has 6 heteroatoms. The molecule has 1 aliphatic carbocycles. The van der Waals surface area contributed by atoms with Crippen LogP contribution in [-0.2, 0) is 4.79 Å². The molecule has 1 heterocycles. The SMILES string of the molecule is Cc1ccc(C(=O)CSC2=C(C#N)C3(CCCCC3)[C@@H](C#N)C(=O)N2)cc1. The number of ketones is 1. The number of hydrogen-bond donors (Lipinski definition) is 1. The van der Waals surface area contributed by atoms with E-state index < -0.39 is 11.3 Å². The molecule has 1 aromatic rings. The van der Waals surface area contributed by atoms with Gasteiger partial charge in [-0.3, -0.25) is 9.59 Å². The molecule has 0 aromatic heterocycles. The topological polar surface area (TPSA) is 93.8 Å². The molecule has 1 aliphatic heterocycles. The van der Waals surface area contributed by atoms with Crippen molar-refractivity contribution in [3.63, 3.8) is 0 Å². The number of nitrogens with zero attached hydrogens (tertiary/aromatic N) is 2. The lowest BCUT2D eigenvalue weighted by molar-refractivity contribution is -0.126. The molecule has 1 spiro atoms. The number of aryl methyl sites for hydroxylation is 1. The van der Waals surface area contributed by atoms with Gasteiger partial charge in [-0.15, -0.1) is 0 Å². The number of benzene rings is 1. The number of carbonyl (C=O) groups excluding carboxylic acids is 2. The molecule has 3 rings (SSSR count). The Balaban J connectivity index is 1.87. The van der Waals surface area contributed by atoms with E-state index in [1.807, 2.05) is 19.1 Å². The second-order valence-corrected chi connectivity index (χ2v) is 8.15. The van der Waals surface area contributed by atoms with E-state index in [2.05, 4.69) is 17.5 Å². The van der Waals surface area contributed by atoms with Crippen LogP contribution >= 0.6 is 11.8 Å². The van der Waals surface area contributed by atoms with Gasteiger partial charge in [0.1, 0.15) is 5.92 Å². The number of carbonyl (C=O) groups is 2. The number of amides is 1. The Morgan fingerprint density at radius 3 is 2.48 bits per heavy atom. The van der Waals surface area contributed by atoms with E-state index in [0.717, 1.165) is 24.8 Å². The van der Waals surface area contributed by atoms with Crippen molar-refractivity contribution in [2.45, 2.75) is 39.0 Å². The van der Waals surface area contributed by atoms with Gasteiger partial charge < -0.3 is 5.32 Å². The molecule has 1 saturated carbocycles. The average molecular weight is 379 g/mol. The lowest BCUT2D eigenvalue weighted by Crippen LogP contribution is -2.48. The van der Waals surface area contributed by atoms with Crippen molar-refractivity contribution in [2.75, 3.05) is 5.75 Å². The van der Waals surface area contributed by atoms with Crippen LogP contribution in [0, 0.1) is 40.9 Å². The zero-order valence-electron chi connectivity index (χ0n) is 15.2. The molecule has 1 fully saturated rings. The first-order chi connectivity index (χ1) is 13.0. The lowest BCUT2D eigenvalue weighted by Gasteiger charge is -2.43. The van der Waals surface area contributed by atoms with Gasteiger partial charge in [-0.1, -0.05) is 60.9 Å². The minimum absolute atomic E-state index is 0.0564. The second kappa shape index (κ2) is 7.98. The maximum Gasteiger partial charge on any atom is 0.243 e. The Kier molecular flexibility index (Phi) is 5.68. The van der Waals surface area contributed by atoms with Gasteiger partial charge in [0.2, 0.25) is 5.91 Å². The molecule has 138 valence electrons. The Hall–Kier alpha value is -2.57. The Labute approximate surface area is 163 Å². The smallest absolute Gasteiger partial charge is 0.243 e. The molecule has 0 saturated heterocycles. The number of hydrogen-bond acceptors (Lipinski definition) is 5. The molecule has 1 aromatic carbocycles. The number of allylic oxidation sites excluding steroid dienone is 1. The minimum atomic E-state index is -0.843. The van der Waals surface area contributed by atoms with Crippen LogP contribution in [0.1, 0.15) is 48.0 Å². The van der Waals surface area contributed by atoms with Crippen molar-refractivity contribution >= 4 is 23.5 Å². The third kappa shape index (κ3) is 3.63. The van der Waals surface area contributed by atoms with Crippen LogP contribution in [0.15, 0.2) is 34.9 Å². The van der Waals surface area contributed by atoms with Gasteiger partial charge >= 0.3 is 0 Å². The van der Waals surface area contributed by atoms with Crippen molar-refractivity contribution in [3.05, 3.63) is 46.0 Å². The number of rotatable bonds is 4. The zero-order chi connectivity index (χ0) is 19.4. The lowest BCUT2D eigenvalue weighted by atomic mass is 9.61. The molecule has 5 nitrogen and oxygen atoms in total. The largest absolute Gasteiger partial charge is 0.319 e. The van der Waals surface area contributed by atoms with Crippen molar-refractivity contribution in [2.24, 2.45) is 11.3 Å². The molecule has 0 unspecified atom stereocenters. The highest BCUT2D eigenvalue weighted by atomic mass is 32.2. The van der Waals surface area contributed by atoms with Gasteiger partial charge in [-0.2, -0.15) is 10.5 Å². The minimum Gasteiger partial charge on any atom is -0.319 e. The molecule has 27 heavy (non-hydrogen) atoms. The zero-order valence-corrected chi connectivity index (χ0v) is 16.1. The summed E-state index contributed by atoms with van der Waals surface area (Å²) in [7, 11) is 0. The standard InChI is InChI=1S/C21H21N3O2S/c1-14-5-7-15(8-6-14)18(25)13-27-20-17(12-23)21(9-3-2-4-10-21)16(11-22)19(26)24-20/h5-8,16H,2-4,9-10,13H2,1H3,(H,24,26)/t16-/m0/s1. The van der Waals surface area contributed by atoms with Crippen molar-refractivity contribution < 1.29 is 9.59 Å².